The topological polar surface area (TPSA) is 12.5 Å². The number of hydrogen-bond donors (Lipinski definition) is 0. The molecule has 15 heavy (non-hydrogen) atoms. The molecule has 0 aromatic carbocycles. The Bertz CT molecular complexity index is 306. The van der Waals surface area contributed by atoms with Gasteiger partial charge in [0, 0.05) is 12.0 Å². The van der Waals surface area contributed by atoms with Gasteiger partial charge < -0.3 is 9.64 Å². The lowest BCUT2D eigenvalue weighted by Gasteiger charge is -2.34. The highest BCUT2D eigenvalue weighted by Crippen LogP contribution is 2.45. The van der Waals surface area contributed by atoms with Gasteiger partial charge in [0.2, 0.25) is 0 Å². The largest absolute Gasteiger partial charge is 0.500 e. The van der Waals surface area contributed by atoms with E-state index in [1.165, 1.54) is 31.6 Å². The maximum atomic E-state index is 5.56. The molecule has 2 nitrogen and oxygen atoms in total. The van der Waals surface area contributed by atoms with Gasteiger partial charge in [0.05, 0.1) is 7.11 Å². The third-order valence-corrected chi connectivity index (χ3v) is 3.78. The molecule has 1 saturated heterocycles. The maximum Gasteiger partial charge on any atom is 0.103 e. The van der Waals surface area contributed by atoms with Crippen molar-refractivity contribution >= 4 is 0 Å². The maximum absolute atomic E-state index is 5.56. The van der Waals surface area contributed by atoms with Crippen molar-refractivity contribution in [1.82, 2.24) is 4.90 Å². The first kappa shape index (κ1) is 10.7. The van der Waals surface area contributed by atoms with Crippen LogP contribution in [0.1, 0.15) is 26.2 Å². The normalized spacial score (nSPS) is 31.7. The Kier molecular flexibility index (Phi) is 2.87. The van der Waals surface area contributed by atoms with Crippen molar-refractivity contribution in [3.05, 3.63) is 23.5 Å². The van der Waals surface area contributed by atoms with Gasteiger partial charge in [-0.2, -0.15) is 0 Å². The summed E-state index contributed by atoms with van der Waals surface area (Å²) >= 11 is 0. The van der Waals surface area contributed by atoms with Crippen LogP contribution in [0.4, 0.5) is 0 Å². The Morgan fingerprint density at radius 3 is 2.80 bits per heavy atom. The summed E-state index contributed by atoms with van der Waals surface area (Å²) in [4.78, 5) is 2.41. The minimum absolute atomic E-state index is 0.281. The van der Waals surface area contributed by atoms with Crippen molar-refractivity contribution in [2.45, 2.75) is 26.2 Å². The number of allylic oxidation sites excluding steroid dienone is 3. The van der Waals surface area contributed by atoms with Crippen LogP contribution in [0.25, 0.3) is 0 Å². The second kappa shape index (κ2) is 4.01. The molecule has 0 bridgehead atoms. The molecule has 1 heterocycles. The first-order chi connectivity index (χ1) is 7.20. The molecular weight excluding hydrogens is 186 g/mol. The molecule has 84 valence electrons. The van der Waals surface area contributed by atoms with Gasteiger partial charge in [0.1, 0.15) is 5.76 Å². The number of hydrogen-bond acceptors (Lipinski definition) is 2. The number of nitrogens with zero attached hydrogens (tertiary/aromatic N) is 1. The average molecular weight is 207 g/mol. The first-order valence-corrected chi connectivity index (χ1v) is 5.83. The number of likely N-dealkylation sites (tertiary alicyclic amines) is 1. The molecule has 0 unspecified atom stereocenters. The van der Waals surface area contributed by atoms with Crippen molar-refractivity contribution in [3.8, 4) is 0 Å². The van der Waals surface area contributed by atoms with E-state index in [1.807, 2.05) is 0 Å². The van der Waals surface area contributed by atoms with Crippen LogP contribution in [-0.4, -0.2) is 32.1 Å². The predicted molar refractivity (Wildman–Crippen MR) is 62.6 cm³/mol. The SMILES string of the molecule is CCC1=CC=C(OC)[C@@]2(CCN(C)C2)C1. The van der Waals surface area contributed by atoms with E-state index in [1.54, 1.807) is 12.7 Å². The van der Waals surface area contributed by atoms with Crippen LogP contribution in [0, 0.1) is 5.41 Å². The van der Waals surface area contributed by atoms with Crippen molar-refractivity contribution in [1.29, 1.82) is 0 Å². The molecule has 2 aliphatic rings. The lowest BCUT2D eigenvalue weighted by atomic mass is 9.75. The van der Waals surface area contributed by atoms with Crippen molar-refractivity contribution in [3.63, 3.8) is 0 Å². The Morgan fingerprint density at radius 1 is 1.47 bits per heavy atom. The Morgan fingerprint density at radius 2 is 2.27 bits per heavy atom. The lowest BCUT2D eigenvalue weighted by molar-refractivity contribution is 0.166. The Hall–Kier alpha value is -0.760. The molecular formula is C13H21NO. The third-order valence-electron chi connectivity index (χ3n) is 3.78. The summed E-state index contributed by atoms with van der Waals surface area (Å²) < 4.78 is 5.56. The van der Waals surface area contributed by atoms with Crippen molar-refractivity contribution < 1.29 is 4.74 Å². The highest BCUT2D eigenvalue weighted by molar-refractivity contribution is 5.29. The number of ether oxygens (including phenoxy) is 1. The minimum Gasteiger partial charge on any atom is -0.500 e. The smallest absolute Gasteiger partial charge is 0.103 e. The molecule has 0 saturated carbocycles. The van der Waals surface area contributed by atoms with Crippen LogP contribution in [0.2, 0.25) is 0 Å². The van der Waals surface area contributed by atoms with E-state index < -0.39 is 0 Å². The van der Waals surface area contributed by atoms with Crippen molar-refractivity contribution in [2.24, 2.45) is 5.41 Å². The van der Waals surface area contributed by atoms with E-state index in [0.717, 1.165) is 6.54 Å². The highest BCUT2D eigenvalue weighted by atomic mass is 16.5. The van der Waals surface area contributed by atoms with Gasteiger partial charge in [0.25, 0.3) is 0 Å². The number of rotatable bonds is 2. The monoisotopic (exact) mass is 207 g/mol. The molecule has 2 heteroatoms. The Labute approximate surface area is 92.6 Å². The standard InChI is InChI=1S/C13H21NO/c1-4-11-5-6-12(15-3)13(9-11)7-8-14(2)10-13/h5-6H,4,7-10H2,1-3H3/t13-/m0/s1. The fourth-order valence-electron chi connectivity index (χ4n) is 2.90. The van der Waals surface area contributed by atoms with Gasteiger partial charge in [-0.25, -0.2) is 0 Å². The summed E-state index contributed by atoms with van der Waals surface area (Å²) in [5, 5.41) is 0. The van der Waals surface area contributed by atoms with E-state index in [9.17, 15) is 0 Å². The van der Waals surface area contributed by atoms with E-state index in [2.05, 4.69) is 31.0 Å². The summed E-state index contributed by atoms with van der Waals surface area (Å²) in [6.07, 6.45) is 8.01. The fraction of sp³-hybridized carbons (Fsp3) is 0.692. The van der Waals surface area contributed by atoms with Crippen LogP contribution in [-0.2, 0) is 4.74 Å². The highest BCUT2D eigenvalue weighted by Gasteiger charge is 2.42. The van der Waals surface area contributed by atoms with E-state index >= 15 is 0 Å². The van der Waals surface area contributed by atoms with Gasteiger partial charge in [0.15, 0.2) is 0 Å². The molecule has 1 atom stereocenters. The molecule has 0 amide bonds. The van der Waals surface area contributed by atoms with Gasteiger partial charge >= 0.3 is 0 Å². The minimum atomic E-state index is 0.281. The van der Waals surface area contributed by atoms with Crippen molar-refractivity contribution in [2.75, 3.05) is 27.2 Å². The molecule has 1 aliphatic heterocycles. The predicted octanol–water partition coefficient (Wildman–Crippen LogP) is 2.58. The molecule has 2 rings (SSSR count). The molecule has 0 aromatic rings. The first-order valence-electron chi connectivity index (χ1n) is 5.83. The Balaban J connectivity index is 2.25. The van der Waals surface area contributed by atoms with E-state index in [4.69, 9.17) is 4.74 Å². The zero-order valence-electron chi connectivity index (χ0n) is 10.0. The molecule has 1 spiro atoms. The third kappa shape index (κ3) is 1.83. The second-order valence-electron chi connectivity index (χ2n) is 4.86. The molecule has 0 N–H and O–H groups in total. The zero-order chi connectivity index (χ0) is 10.9. The van der Waals surface area contributed by atoms with Crippen LogP contribution >= 0.6 is 0 Å². The summed E-state index contributed by atoms with van der Waals surface area (Å²) in [5.41, 5.74) is 1.84. The summed E-state index contributed by atoms with van der Waals surface area (Å²) in [7, 11) is 4.00. The summed E-state index contributed by atoms with van der Waals surface area (Å²) in [5.74, 6) is 1.18. The summed E-state index contributed by atoms with van der Waals surface area (Å²) in [6.45, 7) is 4.57. The van der Waals surface area contributed by atoms with Crippen LogP contribution in [0.15, 0.2) is 23.5 Å². The van der Waals surface area contributed by atoms with Crippen LogP contribution in [0.5, 0.6) is 0 Å². The fourth-order valence-corrected chi connectivity index (χ4v) is 2.90. The molecule has 1 fully saturated rings. The van der Waals surface area contributed by atoms with Gasteiger partial charge in [-0.05, 0) is 38.9 Å². The quantitative estimate of drug-likeness (QED) is 0.690. The van der Waals surface area contributed by atoms with E-state index in [0.29, 0.717) is 0 Å². The summed E-state index contributed by atoms with van der Waals surface area (Å²) in [6, 6.07) is 0. The lowest BCUT2D eigenvalue weighted by Crippen LogP contribution is -2.30. The average Bonchev–Trinajstić information content (AvgIpc) is 2.60. The van der Waals surface area contributed by atoms with Gasteiger partial charge in [-0.15, -0.1) is 0 Å². The molecule has 0 radical (unpaired) electrons. The van der Waals surface area contributed by atoms with Gasteiger partial charge in [-0.3, -0.25) is 0 Å². The number of methoxy groups -OCH3 is 1. The van der Waals surface area contributed by atoms with Crippen LogP contribution < -0.4 is 0 Å². The van der Waals surface area contributed by atoms with Gasteiger partial charge in [-0.1, -0.05) is 18.6 Å². The molecule has 1 aliphatic carbocycles. The van der Waals surface area contributed by atoms with Crippen LogP contribution in [0.3, 0.4) is 0 Å². The molecule has 0 aromatic heterocycles. The zero-order valence-corrected chi connectivity index (χ0v) is 10.0. The van der Waals surface area contributed by atoms with E-state index in [-0.39, 0.29) is 5.41 Å². The second-order valence-corrected chi connectivity index (χ2v) is 4.86.